The number of aromatic nitrogens is 1. The lowest BCUT2D eigenvalue weighted by Gasteiger charge is -2.11. The van der Waals surface area contributed by atoms with Crippen molar-refractivity contribution in [3.8, 4) is 5.75 Å². The van der Waals surface area contributed by atoms with Crippen molar-refractivity contribution < 1.29 is 19.0 Å². The molecule has 0 bridgehead atoms. The molecule has 0 unspecified atom stereocenters. The molecule has 2 rings (SSSR count). The van der Waals surface area contributed by atoms with Crippen LogP contribution in [0.1, 0.15) is 22.8 Å². The average Bonchev–Trinajstić information content (AvgIpc) is 2.49. The Kier molecular flexibility index (Phi) is 4.84. The van der Waals surface area contributed by atoms with Gasteiger partial charge in [0.05, 0.1) is 18.8 Å². The third-order valence-corrected chi connectivity index (χ3v) is 2.78. The number of nitrogens with one attached hydrogen (secondary N) is 1. The Hall–Kier alpha value is -2.47. The smallest absolute Gasteiger partial charge is 0.257 e. The maximum atomic E-state index is 12.7. The van der Waals surface area contributed by atoms with E-state index < -0.39 is 11.9 Å². The second-order valence-corrected chi connectivity index (χ2v) is 4.24. The van der Waals surface area contributed by atoms with Gasteiger partial charge in [-0.25, -0.2) is 4.98 Å². The highest BCUT2D eigenvalue weighted by molar-refractivity contribution is 6.04. The molecule has 2 N–H and O–H groups in total. The topological polar surface area (TPSA) is 71.5 Å². The van der Waals surface area contributed by atoms with Gasteiger partial charge >= 0.3 is 0 Å². The van der Waals surface area contributed by atoms with Crippen molar-refractivity contribution in [1.82, 2.24) is 4.98 Å². The minimum absolute atomic E-state index is 0.197. The Labute approximate surface area is 121 Å². The lowest BCUT2D eigenvalue weighted by molar-refractivity contribution is 0.102. The number of amides is 1. The Balaban J connectivity index is 2.15. The lowest BCUT2D eigenvalue weighted by atomic mass is 10.1. The molecule has 110 valence electrons. The molecule has 0 aliphatic carbocycles. The molecule has 0 fully saturated rings. The highest BCUT2D eigenvalue weighted by Crippen LogP contribution is 2.23. The van der Waals surface area contributed by atoms with Crippen LogP contribution in [0, 0.1) is 5.95 Å². The number of aliphatic hydroxyl groups excluding tert-OH is 1. The number of rotatable bonds is 5. The number of carbonyl (C=O) groups excluding carboxylic acids is 1. The monoisotopic (exact) mass is 290 g/mol. The van der Waals surface area contributed by atoms with Gasteiger partial charge < -0.3 is 15.2 Å². The predicted octanol–water partition coefficient (Wildman–Crippen LogP) is 2.36. The first-order valence-electron chi connectivity index (χ1n) is 6.43. The van der Waals surface area contributed by atoms with E-state index in [0.717, 1.165) is 12.3 Å². The Morgan fingerprint density at radius 3 is 2.81 bits per heavy atom. The molecular formula is C15H15FN2O3. The molecule has 1 aromatic heterocycles. The van der Waals surface area contributed by atoms with E-state index >= 15 is 0 Å². The van der Waals surface area contributed by atoms with Gasteiger partial charge in [-0.1, -0.05) is 0 Å². The number of aliphatic hydroxyl groups is 1. The van der Waals surface area contributed by atoms with Crippen LogP contribution in [0.25, 0.3) is 0 Å². The average molecular weight is 290 g/mol. The minimum Gasteiger partial charge on any atom is -0.494 e. The van der Waals surface area contributed by atoms with Crippen molar-refractivity contribution in [2.24, 2.45) is 0 Å². The van der Waals surface area contributed by atoms with Crippen LogP contribution in [0.15, 0.2) is 36.5 Å². The van der Waals surface area contributed by atoms with Crippen LogP contribution < -0.4 is 10.1 Å². The van der Waals surface area contributed by atoms with Gasteiger partial charge in [0.1, 0.15) is 5.75 Å². The first-order valence-corrected chi connectivity index (χ1v) is 6.43. The third-order valence-electron chi connectivity index (χ3n) is 2.78. The zero-order chi connectivity index (χ0) is 15.2. The maximum absolute atomic E-state index is 12.7. The lowest BCUT2D eigenvalue weighted by Crippen LogP contribution is -2.12. The number of carbonyl (C=O) groups is 1. The van der Waals surface area contributed by atoms with Crippen LogP contribution in [0.3, 0.4) is 0 Å². The second-order valence-electron chi connectivity index (χ2n) is 4.24. The minimum atomic E-state index is -0.643. The van der Waals surface area contributed by atoms with E-state index in [1.807, 2.05) is 6.92 Å². The molecule has 0 saturated carbocycles. The van der Waals surface area contributed by atoms with E-state index in [4.69, 9.17) is 4.74 Å². The normalized spacial score (nSPS) is 10.2. The zero-order valence-corrected chi connectivity index (χ0v) is 11.5. The molecule has 1 amide bonds. The maximum Gasteiger partial charge on any atom is 0.257 e. The fourth-order valence-corrected chi connectivity index (χ4v) is 1.79. The number of nitrogens with zero attached hydrogens (tertiary/aromatic N) is 1. The summed E-state index contributed by atoms with van der Waals surface area (Å²) in [6.07, 6.45) is 1.16. The molecule has 2 aromatic rings. The highest BCUT2D eigenvalue weighted by atomic mass is 19.1. The fraction of sp³-hybridized carbons (Fsp3) is 0.200. The van der Waals surface area contributed by atoms with Crippen molar-refractivity contribution in [3.63, 3.8) is 0 Å². The Morgan fingerprint density at radius 2 is 2.19 bits per heavy atom. The summed E-state index contributed by atoms with van der Waals surface area (Å²) in [6, 6.07) is 7.43. The van der Waals surface area contributed by atoms with E-state index in [0.29, 0.717) is 23.6 Å². The Morgan fingerprint density at radius 1 is 1.38 bits per heavy atom. The summed E-state index contributed by atoms with van der Waals surface area (Å²) in [4.78, 5) is 15.4. The highest BCUT2D eigenvalue weighted by Gasteiger charge is 2.09. The molecule has 21 heavy (non-hydrogen) atoms. The van der Waals surface area contributed by atoms with Crippen LogP contribution in [-0.2, 0) is 6.61 Å². The Bertz CT molecular complexity index is 629. The summed E-state index contributed by atoms with van der Waals surface area (Å²) in [5.74, 6) is -0.479. The molecule has 1 aromatic carbocycles. The summed E-state index contributed by atoms with van der Waals surface area (Å²) >= 11 is 0. The van der Waals surface area contributed by atoms with Gasteiger partial charge in [-0.15, -0.1) is 0 Å². The van der Waals surface area contributed by atoms with Gasteiger partial charge in [-0.05, 0) is 37.3 Å². The molecule has 6 heteroatoms. The molecular weight excluding hydrogens is 275 g/mol. The molecule has 0 atom stereocenters. The van der Waals surface area contributed by atoms with Gasteiger partial charge in [0.15, 0.2) is 0 Å². The summed E-state index contributed by atoms with van der Waals surface area (Å²) in [5, 5.41) is 12.0. The van der Waals surface area contributed by atoms with Crippen molar-refractivity contribution in [2.75, 3.05) is 11.9 Å². The summed E-state index contributed by atoms with van der Waals surface area (Å²) < 4.78 is 18.1. The van der Waals surface area contributed by atoms with Gasteiger partial charge in [-0.3, -0.25) is 4.79 Å². The van der Waals surface area contributed by atoms with Crippen LogP contribution >= 0.6 is 0 Å². The van der Waals surface area contributed by atoms with Gasteiger partial charge in [-0.2, -0.15) is 4.39 Å². The van der Waals surface area contributed by atoms with Gasteiger partial charge in [0.25, 0.3) is 5.91 Å². The van der Waals surface area contributed by atoms with E-state index in [9.17, 15) is 14.3 Å². The van der Waals surface area contributed by atoms with Crippen LogP contribution in [0.5, 0.6) is 5.75 Å². The predicted molar refractivity (Wildman–Crippen MR) is 75.7 cm³/mol. The SMILES string of the molecule is CCOc1ccc(NC(=O)c2ccc(F)nc2)cc1CO. The number of anilines is 1. The van der Waals surface area contributed by atoms with Crippen molar-refractivity contribution in [1.29, 1.82) is 0 Å². The van der Waals surface area contributed by atoms with Gasteiger partial charge in [0, 0.05) is 17.4 Å². The van der Waals surface area contributed by atoms with E-state index in [2.05, 4.69) is 10.3 Å². The zero-order valence-electron chi connectivity index (χ0n) is 11.5. The third kappa shape index (κ3) is 3.76. The van der Waals surface area contributed by atoms with Crippen molar-refractivity contribution in [2.45, 2.75) is 13.5 Å². The first-order chi connectivity index (χ1) is 10.1. The molecule has 0 saturated heterocycles. The standard InChI is InChI=1S/C15H15FN2O3/c1-2-21-13-5-4-12(7-11(13)9-19)18-15(20)10-3-6-14(16)17-8-10/h3-8,19H,2,9H2,1H3,(H,18,20). The largest absolute Gasteiger partial charge is 0.494 e. The molecule has 5 nitrogen and oxygen atoms in total. The number of hydrogen-bond donors (Lipinski definition) is 2. The van der Waals surface area contributed by atoms with E-state index in [1.54, 1.807) is 18.2 Å². The first kappa shape index (κ1) is 14.9. The van der Waals surface area contributed by atoms with Crippen LogP contribution in [-0.4, -0.2) is 22.6 Å². The second kappa shape index (κ2) is 6.81. The van der Waals surface area contributed by atoms with Gasteiger partial charge in [0.2, 0.25) is 5.95 Å². The number of halogens is 1. The summed E-state index contributed by atoms with van der Waals surface area (Å²) in [6.45, 7) is 2.13. The van der Waals surface area contributed by atoms with Crippen molar-refractivity contribution in [3.05, 3.63) is 53.6 Å². The number of ether oxygens (including phenoxy) is 1. The molecule has 0 radical (unpaired) electrons. The van der Waals surface area contributed by atoms with E-state index in [1.165, 1.54) is 6.07 Å². The van der Waals surface area contributed by atoms with Crippen LogP contribution in [0.2, 0.25) is 0 Å². The number of benzene rings is 1. The number of hydrogen-bond acceptors (Lipinski definition) is 4. The van der Waals surface area contributed by atoms with Crippen molar-refractivity contribution >= 4 is 11.6 Å². The molecule has 0 aliphatic rings. The van der Waals surface area contributed by atoms with E-state index in [-0.39, 0.29) is 12.2 Å². The molecule has 1 heterocycles. The summed E-state index contributed by atoms with van der Waals surface area (Å²) in [5.41, 5.74) is 1.33. The summed E-state index contributed by atoms with van der Waals surface area (Å²) in [7, 11) is 0. The van der Waals surface area contributed by atoms with Crippen LogP contribution in [0.4, 0.5) is 10.1 Å². The molecule has 0 spiro atoms. The fourth-order valence-electron chi connectivity index (χ4n) is 1.79. The molecule has 0 aliphatic heterocycles. The number of pyridine rings is 1. The quantitative estimate of drug-likeness (QED) is 0.829.